The van der Waals surface area contributed by atoms with Gasteiger partial charge in [-0.2, -0.15) is 8.42 Å². The predicted octanol–water partition coefficient (Wildman–Crippen LogP) is 5.96. The molecule has 1 aliphatic rings. The molecule has 318 valence electrons. The highest BCUT2D eigenvalue weighted by atomic mass is 32.3. The highest BCUT2D eigenvalue weighted by Gasteiger charge is 2.48. The van der Waals surface area contributed by atoms with E-state index in [9.17, 15) is 38.7 Å². The molecule has 1 fully saturated rings. The third-order valence-electron chi connectivity index (χ3n) is 9.84. The number of amides is 1. The second kappa shape index (κ2) is 31.6. The maximum absolute atomic E-state index is 13.0. The Balaban J connectivity index is 2.67. The molecule has 1 heterocycles. The molecular weight excluding hydrogens is 719 g/mol. The molecule has 0 spiro atoms. The van der Waals surface area contributed by atoms with Crippen LogP contribution in [0.4, 0.5) is 0 Å². The molecule has 0 bridgehead atoms. The molecule has 1 saturated heterocycles. The number of ether oxygens (including phenoxy) is 2. The van der Waals surface area contributed by atoms with Gasteiger partial charge in [0.25, 0.3) is 0 Å². The normalized spacial score (nSPS) is 22.6. The lowest BCUT2D eigenvalue weighted by Gasteiger charge is -2.41. The summed E-state index contributed by atoms with van der Waals surface area (Å²) in [6.45, 7) is 3.13. The highest BCUT2D eigenvalue weighted by molar-refractivity contribution is 7.80. The van der Waals surface area contributed by atoms with Crippen molar-refractivity contribution in [3.05, 3.63) is 24.3 Å². The second-order valence-electron chi connectivity index (χ2n) is 14.7. The molecular formula is C40H75NO12S. The summed E-state index contributed by atoms with van der Waals surface area (Å²) >= 11 is 0. The Labute approximate surface area is 325 Å². The minimum Gasteiger partial charge on any atom is -0.394 e. The Morgan fingerprint density at radius 3 is 1.78 bits per heavy atom. The van der Waals surface area contributed by atoms with E-state index in [1.165, 1.54) is 96.0 Å². The quantitative estimate of drug-likeness (QED) is 0.0229. The van der Waals surface area contributed by atoms with Gasteiger partial charge in [0.2, 0.25) is 5.91 Å². The molecule has 54 heavy (non-hydrogen) atoms. The van der Waals surface area contributed by atoms with E-state index in [-0.39, 0.29) is 6.42 Å². The molecule has 1 aliphatic heterocycles. The summed E-state index contributed by atoms with van der Waals surface area (Å²) in [5.74, 6) is -0.717. The molecule has 0 aromatic carbocycles. The van der Waals surface area contributed by atoms with Gasteiger partial charge in [0, 0.05) is 0 Å². The topological polar surface area (TPSA) is 212 Å². The van der Waals surface area contributed by atoms with Crippen LogP contribution in [0.5, 0.6) is 0 Å². The van der Waals surface area contributed by atoms with Crippen molar-refractivity contribution in [2.24, 2.45) is 0 Å². The lowest BCUT2D eigenvalue weighted by molar-refractivity contribution is -0.298. The van der Waals surface area contributed by atoms with Crippen molar-refractivity contribution in [3.63, 3.8) is 0 Å². The van der Waals surface area contributed by atoms with Crippen LogP contribution in [-0.2, 0) is 28.9 Å². The van der Waals surface area contributed by atoms with Gasteiger partial charge in [-0.25, -0.2) is 4.18 Å². The van der Waals surface area contributed by atoms with Crippen LogP contribution in [0.3, 0.4) is 0 Å². The summed E-state index contributed by atoms with van der Waals surface area (Å²) < 4.78 is 47.3. The van der Waals surface area contributed by atoms with E-state index in [0.29, 0.717) is 12.8 Å². The zero-order valence-electron chi connectivity index (χ0n) is 33.1. The molecule has 0 saturated carbocycles. The fourth-order valence-electron chi connectivity index (χ4n) is 6.47. The van der Waals surface area contributed by atoms with Crippen LogP contribution in [0.2, 0.25) is 0 Å². The zero-order chi connectivity index (χ0) is 40.0. The molecule has 0 aromatic rings. The van der Waals surface area contributed by atoms with Gasteiger partial charge in [0.1, 0.15) is 30.5 Å². The Kier molecular flexibility index (Phi) is 29.6. The first-order valence-electron chi connectivity index (χ1n) is 20.8. The SMILES string of the molecule is CCCCCCCCCCCCC/C=C/CC/C=C/C(O)C(COC1OC(CO)C(O)C(OS(=O)(=O)O)C1O)NC(=O)C(O)CCCCCCCCCC. The van der Waals surface area contributed by atoms with Crippen LogP contribution < -0.4 is 5.32 Å². The van der Waals surface area contributed by atoms with Crippen LogP contribution in [0, 0.1) is 0 Å². The van der Waals surface area contributed by atoms with Crippen LogP contribution in [0.25, 0.3) is 0 Å². The van der Waals surface area contributed by atoms with Crippen molar-refractivity contribution in [2.45, 2.75) is 210 Å². The van der Waals surface area contributed by atoms with E-state index in [0.717, 1.165) is 38.5 Å². The van der Waals surface area contributed by atoms with Gasteiger partial charge in [0.15, 0.2) is 6.29 Å². The van der Waals surface area contributed by atoms with Gasteiger partial charge in [-0.3, -0.25) is 9.35 Å². The van der Waals surface area contributed by atoms with Gasteiger partial charge < -0.3 is 40.3 Å². The number of carbonyl (C=O) groups excluding carboxylic acids is 1. The Morgan fingerprint density at radius 2 is 1.24 bits per heavy atom. The highest BCUT2D eigenvalue weighted by Crippen LogP contribution is 2.26. The summed E-state index contributed by atoms with van der Waals surface area (Å²) in [6.07, 6.45) is 21.5. The molecule has 1 rings (SSSR count). The van der Waals surface area contributed by atoms with Crippen molar-refractivity contribution in [1.29, 1.82) is 0 Å². The minimum absolute atomic E-state index is 0.237. The third-order valence-corrected chi connectivity index (χ3v) is 10.3. The summed E-state index contributed by atoms with van der Waals surface area (Å²) in [6, 6.07) is -1.13. The lowest BCUT2D eigenvalue weighted by atomic mass is 9.99. The Bertz CT molecular complexity index is 1090. The zero-order valence-corrected chi connectivity index (χ0v) is 34.0. The molecule has 0 aliphatic carbocycles. The van der Waals surface area contributed by atoms with Crippen molar-refractivity contribution >= 4 is 16.3 Å². The Hall–Kier alpha value is -1.46. The smallest absolute Gasteiger partial charge is 0.394 e. The maximum Gasteiger partial charge on any atom is 0.397 e. The maximum atomic E-state index is 13.0. The second-order valence-corrected chi connectivity index (χ2v) is 15.8. The molecule has 14 heteroatoms. The third kappa shape index (κ3) is 24.2. The molecule has 7 N–H and O–H groups in total. The van der Waals surface area contributed by atoms with Crippen molar-refractivity contribution in [1.82, 2.24) is 5.32 Å². The molecule has 8 atom stereocenters. The van der Waals surface area contributed by atoms with E-state index in [1.54, 1.807) is 6.08 Å². The molecule has 8 unspecified atom stereocenters. The number of aliphatic hydroxyl groups excluding tert-OH is 5. The summed E-state index contributed by atoms with van der Waals surface area (Å²) in [4.78, 5) is 13.0. The van der Waals surface area contributed by atoms with E-state index >= 15 is 0 Å². The largest absolute Gasteiger partial charge is 0.397 e. The number of allylic oxidation sites excluding steroid dienone is 3. The van der Waals surface area contributed by atoms with E-state index in [4.69, 9.17) is 14.0 Å². The summed E-state index contributed by atoms with van der Waals surface area (Å²) in [7, 11) is -5.11. The van der Waals surface area contributed by atoms with Gasteiger partial charge in [0.05, 0.1) is 25.4 Å². The van der Waals surface area contributed by atoms with E-state index < -0.39 is 78.5 Å². The molecule has 0 radical (unpaired) electrons. The standard InChI is InChI=1S/C40H75NO12S/c1-3-5-7-9-11-13-14-15-16-17-18-19-20-21-23-24-26-28-33(43)32(41-39(47)34(44)29-27-25-22-12-10-8-6-4-2)31-51-40-37(46)38(53-54(48,49)50)36(45)35(30-42)52-40/h20-21,26,28,32-38,40,42-46H,3-19,22-25,27,29-31H2,1-2H3,(H,41,47)(H,48,49,50)/b21-20+,28-26+. The molecule has 0 aromatic heterocycles. The lowest BCUT2D eigenvalue weighted by Crippen LogP contribution is -2.61. The molecule has 1 amide bonds. The summed E-state index contributed by atoms with van der Waals surface area (Å²) in [5, 5.41) is 54.8. The number of nitrogens with one attached hydrogen (secondary N) is 1. The first-order valence-corrected chi connectivity index (χ1v) is 22.2. The summed E-state index contributed by atoms with van der Waals surface area (Å²) in [5.41, 5.74) is 0. The number of aliphatic hydroxyl groups is 5. The van der Waals surface area contributed by atoms with Gasteiger partial charge in [-0.1, -0.05) is 154 Å². The van der Waals surface area contributed by atoms with Crippen LogP contribution in [-0.4, -0.2) is 107 Å². The van der Waals surface area contributed by atoms with Crippen molar-refractivity contribution in [3.8, 4) is 0 Å². The van der Waals surface area contributed by atoms with Gasteiger partial charge in [-0.15, -0.1) is 0 Å². The van der Waals surface area contributed by atoms with Crippen LogP contribution in [0.1, 0.15) is 162 Å². The minimum atomic E-state index is -5.11. The molecule has 13 nitrogen and oxygen atoms in total. The number of hydrogen-bond donors (Lipinski definition) is 7. The van der Waals surface area contributed by atoms with Crippen molar-refractivity contribution < 1.29 is 57.0 Å². The number of carbonyl (C=O) groups is 1. The average molecular weight is 794 g/mol. The average Bonchev–Trinajstić information content (AvgIpc) is 3.14. The number of rotatable bonds is 34. The predicted molar refractivity (Wildman–Crippen MR) is 210 cm³/mol. The first-order chi connectivity index (χ1) is 25.9. The van der Waals surface area contributed by atoms with Gasteiger partial charge in [-0.05, 0) is 32.1 Å². The number of unbranched alkanes of at least 4 members (excludes halogenated alkanes) is 19. The van der Waals surface area contributed by atoms with Gasteiger partial charge >= 0.3 is 10.4 Å². The number of hydrogen-bond acceptors (Lipinski definition) is 11. The van der Waals surface area contributed by atoms with Crippen LogP contribution >= 0.6 is 0 Å². The first kappa shape index (κ1) is 50.6. The monoisotopic (exact) mass is 794 g/mol. The Morgan fingerprint density at radius 1 is 0.741 bits per heavy atom. The van der Waals surface area contributed by atoms with E-state index in [1.807, 2.05) is 0 Å². The van der Waals surface area contributed by atoms with E-state index in [2.05, 4.69) is 35.5 Å². The fourth-order valence-corrected chi connectivity index (χ4v) is 6.98. The van der Waals surface area contributed by atoms with Crippen molar-refractivity contribution in [2.75, 3.05) is 13.2 Å². The van der Waals surface area contributed by atoms with Crippen LogP contribution in [0.15, 0.2) is 24.3 Å². The fraction of sp³-hybridized carbons (Fsp3) is 0.875.